The zero-order valence-electron chi connectivity index (χ0n) is 12.3. The Kier molecular flexibility index (Phi) is 4.16. The molecule has 0 spiro atoms. The third-order valence-corrected chi connectivity index (χ3v) is 3.77. The number of benzene rings is 1. The van der Waals surface area contributed by atoms with Crippen LogP contribution in [0.15, 0.2) is 27.4 Å². The third-order valence-electron chi connectivity index (χ3n) is 3.77. The molecule has 1 aliphatic rings. The van der Waals surface area contributed by atoms with Crippen molar-refractivity contribution in [2.45, 2.75) is 25.5 Å². The van der Waals surface area contributed by atoms with E-state index in [1.54, 1.807) is 0 Å². The van der Waals surface area contributed by atoms with E-state index >= 15 is 0 Å². The maximum Gasteiger partial charge on any atom is 0.420 e. The van der Waals surface area contributed by atoms with Crippen molar-refractivity contribution in [3.63, 3.8) is 0 Å². The highest BCUT2D eigenvalue weighted by atomic mass is 16.5. The molecule has 0 radical (unpaired) electrons. The molecule has 2 heterocycles. The Morgan fingerprint density at radius 1 is 1.39 bits per heavy atom. The fraction of sp³-hybridized carbons (Fsp3) is 0.400. The summed E-state index contributed by atoms with van der Waals surface area (Å²) < 4.78 is 11.6. The molecule has 1 unspecified atom stereocenters. The largest absolute Gasteiger partial charge is 0.478 e. The second-order valence-corrected chi connectivity index (χ2v) is 5.38. The summed E-state index contributed by atoms with van der Waals surface area (Å²) >= 11 is 0. The number of carboxylic acids is 1. The van der Waals surface area contributed by atoms with Crippen LogP contribution >= 0.6 is 0 Å². The van der Waals surface area contributed by atoms with E-state index in [2.05, 4.69) is 5.32 Å². The molecule has 1 saturated heterocycles. The summed E-state index contributed by atoms with van der Waals surface area (Å²) in [6, 6.07) is 4.08. The highest BCUT2D eigenvalue weighted by Gasteiger charge is 2.18. The van der Waals surface area contributed by atoms with Gasteiger partial charge in [0, 0.05) is 13.2 Å². The molecule has 1 fully saturated rings. The van der Waals surface area contributed by atoms with Gasteiger partial charge in [0.1, 0.15) is 6.54 Å². The summed E-state index contributed by atoms with van der Waals surface area (Å²) in [5.41, 5.74) is 0.537. The van der Waals surface area contributed by atoms with E-state index in [0.717, 1.165) is 12.8 Å². The number of fused-ring (bicyclic) bond motifs is 1. The first-order chi connectivity index (χ1) is 11.0. The fourth-order valence-corrected chi connectivity index (χ4v) is 2.58. The first kappa shape index (κ1) is 15.3. The van der Waals surface area contributed by atoms with Gasteiger partial charge in [0.2, 0.25) is 5.91 Å². The molecule has 1 aromatic carbocycles. The molecule has 1 amide bonds. The zero-order valence-corrected chi connectivity index (χ0v) is 12.3. The zero-order chi connectivity index (χ0) is 16.4. The number of carboxylic acid groups (broad SMARTS) is 1. The van der Waals surface area contributed by atoms with Gasteiger partial charge in [0.25, 0.3) is 0 Å². The Balaban J connectivity index is 1.74. The molecule has 23 heavy (non-hydrogen) atoms. The van der Waals surface area contributed by atoms with Crippen molar-refractivity contribution in [2.75, 3.05) is 13.2 Å². The summed E-state index contributed by atoms with van der Waals surface area (Å²) in [5, 5.41) is 11.7. The van der Waals surface area contributed by atoms with Crippen LogP contribution in [0.2, 0.25) is 0 Å². The van der Waals surface area contributed by atoms with Crippen molar-refractivity contribution in [1.82, 2.24) is 9.88 Å². The number of nitrogens with zero attached hydrogens (tertiary/aromatic N) is 1. The second-order valence-electron chi connectivity index (χ2n) is 5.38. The van der Waals surface area contributed by atoms with Gasteiger partial charge in [-0.3, -0.25) is 9.36 Å². The van der Waals surface area contributed by atoms with E-state index < -0.39 is 11.7 Å². The monoisotopic (exact) mass is 320 g/mol. The highest BCUT2D eigenvalue weighted by molar-refractivity contribution is 5.92. The van der Waals surface area contributed by atoms with E-state index in [1.807, 2.05) is 0 Å². The van der Waals surface area contributed by atoms with Gasteiger partial charge in [-0.1, -0.05) is 0 Å². The number of aromatic carboxylic acids is 1. The minimum atomic E-state index is -1.11. The quantitative estimate of drug-likeness (QED) is 0.834. The average Bonchev–Trinajstić information content (AvgIpc) is 3.13. The van der Waals surface area contributed by atoms with Crippen LogP contribution in [0.4, 0.5) is 0 Å². The lowest BCUT2D eigenvalue weighted by Gasteiger charge is -2.10. The van der Waals surface area contributed by atoms with Gasteiger partial charge in [-0.15, -0.1) is 0 Å². The van der Waals surface area contributed by atoms with E-state index in [9.17, 15) is 14.4 Å². The highest BCUT2D eigenvalue weighted by Crippen LogP contribution is 2.15. The van der Waals surface area contributed by atoms with Crippen LogP contribution in [0.5, 0.6) is 0 Å². The Hall–Kier alpha value is -2.61. The molecule has 0 aliphatic carbocycles. The Bertz CT molecular complexity index is 800. The molecule has 8 heteroatoms. The molecule has 0 bridgehead atoms. The summed E-state index contributed by atoms with van der Waals surface area (Å²) in [5.74, 6) is -2.14. The van der Waals surface area contributed by atoms with Crippen LogP contribution in [0, 0.1) is 0 Å². The van der Waals surface area contributed by atoms with E-state index in [4.69, 9.17) is 14.3 Å². The predicted molar refractivity (Wildman–Crippen MR) is 79.4 cm³/mol. The number of ether oxygens (including phenoxy) is 1. The molecule has 8 nitrogen and oxygen atoms in total. The lowest BCUT2D eigenvalue weighted by atomic mass is 10.2. The molecular formula is C15H16N2O6. The van der Waals surface area contributed by atoms with E-state index in [1.165, 1.54) is 22.8 Å². The number of oxazole rings is 1. The van der Waals surface area contributed by atoms with Crippen LogP contribution in [-0.4, -0.2) is 40.8 Å². The molecule has 122 valence electrons. The standard InChI is InChI=1S/C15H16N2O6/c18-13(16-7-10-2-1-5-22-10)8-17-11-4-3-9(14(19)20)6-12(11)23-15(17)21/h3-4,6,10H,1-2,5,7-8H2,(H,16,18)(H,19,20). The molecular weight excluding hydrogens is 304 g/mol. The Labute approximate surface area is 130 Å². The van der Waals surface area contributed by atoms with Crippen molar-refractivity contribution in [3.8, 4) is 0 Å². The van der Waals surface area contributed by atoms with Crippen molar-refractivity contribution < 1.29 is 23.8 Å². The maximum atomic E-state index is 12.0. The molecule has 1 aliphatic heterocycles. The van der Waals surface area contributed by atoms with Crippen molar-refractivity contribution >= 4 is 23.0 Å². The molecule has 2 N–H and O–H groups in total. The summed E-state index contributed by atoms with van der Waals surface area (Å²) in [7, 11) is 0. The number of hydrogen-bond donors (Lipinski definition) is 2. The van der Waals surface area contributed by atoms with Gasteiger partial charge < -0.3 is 19.6 Å². The minimum absolute atomic E-state index is 0.0150. The number of carbonyl (C=O) groups excluding carboxylic acids is 1. The topological polar surface area (TPSA) is 111 Å². The van der Waals surface area contributed by atoms with Crippen LogP contribution in [0.25, 0.3) is 11.1 Å². The van der Waals surface area contributed by atoms with Crippen molar-refractivity contribution in [2.24, 2.45) is 0 Å². The summed E-state index contributed by atoms with van der Waals surface area (Å²) in [4.78, 5) is 34.8. The van der Waals surface area contributed by atoms with Crippen molar-refractivity contribution in [3.05, 3.63) is 34.3 Å². The Morgan fingerprint density at radius 3 is 2.91 bits per heavy atom. The lowest BCUT2D eigenvalue weighted by Crippen LogP contribution is -2.35. The summed E-state index contributed by atoms with van der Waals surface area (Å²) in [6.45, 7) is 0.926. The third kappa shape index (κ3) is 3.26. The smallest absolute Gasteiger partial charge is 0.420 e. The van der Waals surface area contributed by atoms with Gasteiger partial charge in [-0.2, -0.15) is 0 Å². The first-order valence-corrected chi connectivity index (χ1v) is 7.29. The summed E-state index contributed by atoms with van der Waals surface area (Å²) in [6.07, 6.45) is 1.92. The Morgan fingerprint density at radius 2 is 2.22 bits per heavy atom. The second kappa shape index (κ2) is 6.25. The van der Waals surface area contributed by atoms with Gasteiger partial charge in [-0.05, 0) is 31.0 Å². The maximum absolute atomic E-state index is 12.0. The lowest BCUT2D eigenvalue weighted by molar-refractivity contribution is -0.122. The molecule has 3 rings (SSSR count). The van der Waals surface area contributed by atoms with Gasteiger partial charge in [0.15, 0.2) is 5.58 Å². The minimum Gasteiger partial charge on any atom is -0.478 e. The van der Waals surface area contributed by atoms with Crippen LogP contribution < -0.4 is 11.1 Å². The number of rotatable bonds is 5. The van der Waals surface area contributed by atoms with Crippen LogP contribution in [0.3, 0.4) is 0 Å². The van der Waals surface area contributed by atoms with Gasteiger partial charge in [0.05, 0.1) is 17.2 Å². The van der Waals surface area contributed by atoms with E-state index in [-0.39, 0.29) is 29.7 Å². The van der Waals surface area contributed by atoms with Crippen molar-refractivity contribution in [1.29, 1.82) is 0 Å². The molecule has 1 aromatic heterocycles. The average molecular weight is 320 g/mol. The van der Waals surface area contributed by atoms with Gasteiger partial charge >= 0.3 is 11.7 Å². The SMILES string of the molecule is O=C(Cn1c(=O)oc2cc(C(=O)O)ccc21)NCC1CCCO1. The predicted octanol–water partition coefficient (Wildman–Crippen LogP) is 0.588. The number of carbonyl (C=O) groups is 2. The van der Waals surface area contributed by atoms with Crippen LogP contribution in [0.1, 0.15) is 23.2 Å². The molecule has 1 atom stereocenters. The number of hydrogen-bond acceptors (Lipinski definition) is 5. The van der Waals surface area contributed by atoms with Crippen LogP contribution in [-0.2, 0) is 16.1 Å². The first-order valence-electron chi connectivity index (χ1n) is 7.29. The number of aromatic nitrogens is 1. The normalized spacial score (nSPS) is 17.5. The number of amides is 1. The fourth-order valence-electron chi connectivity index (χ4n) is 2.58. The van der Waals surface area contributed by atoms with E-state index in [0.29, 0.717) is 18.7 Å². The molecule has 2 aromatic rings. The number of nitrogens with one attached hydrogen (secondary N) is 1. The van der Waals surface area contributed by atoms with Gasteiger partial charge in [-0.25, -0.2) is 9.59 Å². The molecule has 0 saturated carbocycles.